The number of carbonyl (C=O) groups is 1. The van der Waals surface area contributed by atoms with Gasteiger partial charge in [-0.15, -0.1) is 0 Å². The van der Waals surface area contributed by atoms with Gasteiger partial charge in [-0.25, -0.2) is 0 Å². The summed E-state index contributed by atoms with van der Waals surface area (Å²) in [7, 11) is 0.607. The van der Waals surface area contributed by atoms with Crippen LogP contribution in [0.2, 0.25) is 0 Å². The molecule has 0 saturated carbocycles. The quantitative estimate of drug-likeness (QED) is 0.486. The number of rotatable bonds is 3. The molecule has 0 N–H and O–H groups in total. The summed E-state index contributed by atoms with van der Waals surface area (Å²) in [5, 5.41) is 0. The van der Waals surface area contributed by atoms with Crippen LogP contribution in [0, 0.1) is 11.3 Å². The van der Waals surface area contributed by atoms with Gasteiger partial charge in [0.2, 0.25) is 0 Å². The molecular weight excluding hydrogens is 168 g/mol. The van der Waals surface area contributed by atoms with Gasteiger partial charge in [-0.1, -0.05) is 27.7 Å². The molecule has 0 aliphatic rings. The second kappa shape index (κ2) is 3.71. The highest BCUT2D eigenvalue weighted by molar-refractivity contribution is 5.99. The largest absolute Gasteiger partial charge is 0.416 e. The van der Waals surface area contributed by atoms with Crippen LogP contribution in [-0.4, -0.2) is 22.4 Å². The second-order valence-electron chi connectivity index (χ2n) is 4.59. The molecule has 0 spiro atoms. The third-order valence-corrected chi connectivity index (χ3v) is 3.71. The Hall–Kier alpha value is -0.153. The van der Waals surface area contributed by atoms with Gasteiger partial charge in [0, 0.05) is 0 Å². The van der Waals surface area contributed by atoms with E-state index in [1.54, 1.807) is 0 Å². The van der Waals surface area contributed by atoms with E-state index in [0.29, 0.717) is 10.5 Å². The van der Waals surface area contributed by atoms with Crippen molar-refractivity contribution in [2.75, 3.05) is 0 Å². The van der Waals surface area contributed by atoms with Crippen LogP contribution in [0.4, 0.5) is 0 Å². The molecule has 0 bridgehead atoms. The lowest BCUT2D eigenvalue weighted by Crippen LogP contribution is -2.43. The molecule has 0 aliphatic heterocycles. The molecule has 72 valence electrons. The Bertz CT molecular complexity index is 162. The van der Waals surface area contributed by atoms with Gasteiger partial charge in [0.05, 0.1) is 0 Å². The van der Waals surface area contributed by atoms with Crippen molar-refractivity contribution in [1.29, 1.82) is 0 Å². The fourth-order valence-electron chi connectivity index (χ4n) is 1.19. The Balaban J connectivity index is 4.64. The molecule has 0 aliphatic carbocycles. The summed E-state index contributed by atoms with van der Waals surface area (Å²) in [6.45, 7) is 10.3. The van der Waals surface area contributed by atoms with E-state index in [4.69, 9.17) is 4.43 Å². The average molecular weight is 188 g/mol. The molecule has 0 radical (unpaired) electrons. The molecule has 0 saturated heterocycles. The molecule has 2 nitrogen and oxygen atoms in total. The topological polar surface area (TPSA) is 26.3 Å². The van der Waals surface area contributed by atoms with E-state index in [-0.39, 0.29) is 11.3 Å². The van der Waals surface area contributed by atoms with E-state index in [0.717, 1.165) is 6.29 Å². The molecule has 0 rings (SSSR count). The molecule has 2 unspecified atom stereocenters. The minimum absolute atomic E-state index is 0.111. The maximum absolute atomic E-state index is 10.8. The number of carbonyl (C=O) groups excluding carboxylic acids is 1. The number of hydrogen-bond donors (Lipinski definition) is 0. The third kappa shape index (κ3) is 2.42. The lowest BCUT2D eigenvalue weighted by atomic mass is 9.73. The molecule has 0 heterocycles. The summed E-state index contributed by atoms with van der Waals surface area (Å²) in [6.07, 6.45) is 0.927. The van der Waals surface area contributed by atoms with Gasteiger partial charge in [-0.2, -0.15) is 0 Å². The van der Waals surface area contributed by atoms with Crippen molar-refractivity contribution in [3.8, 4) is 0 Å². The first-order valence-electron chi connectivity index (χ1n) is 4.29. The molecule has 2 atom stereocenters. The fourth-order valence-corrected chi connectivity index (χ4v) is 1.64. The molecule has 0 aromatic heterocycles. The SMILES string of the molecule is CC(C(C)(C)C)C(C)(C=O)O[SiH3]. The van der Waals surface area contributed by atoms with Crippen molar-refractivity contribution in [2.45, 2.75) is 40.2 Å². The first-order valence-corrected chi connectivity index (χ1v) is 5.11. The summed E-state index contributed by atoms with van der Waals surface area (Å²) < 4.78 is 5.35. The predicted molar refractivity (Wildman–Crippen MR) is 54.1 cm³/mol. The normalized spacial score (nSPS) is 20.1. The zero-order valence-electron chi connectivity index (χ0n) is 8.97. The van der Waals surface area contributed by atoms with E-state index in [1.807, 2.05) is 6.92 Å². The van der Waals surface area contributed by atoms with E-state index in [9.17, 15) is 4.79 Å². The Morgan fingerprint density at radius 3 is 1.83 bits per heavy atom. The number of hydrogen-bond acceptors (Lipinski definition) is 2. The Morgan fingerprint density at radius 2 is 1.75 bits per heavy atom. The van der Waals surface area contributed by atoms with Gasteiger partial charge in [-0.3, -0.25) is 0 Å². The van der Waals surface area contributed by atoms with Crippen molar-refractivity contribution in [2.24, 2.45) is 11.3 Å². The van der Waals surface area contributed by atoms with Crippen molar-refractivity contribution in [3.05, 3.63) is 0 Å². The van der Waals surface area contributed by atoms with Gasteiger partial charge in [-0.05, 0) is 18.3 Å². The van der Waals surface area contributed by atoms with Crippen LogP contribution in [0.25, 0.3) is 0 Å². The van der Waals surface area contributed by atoms with Crippen LogP contribution in [0.1, 0.15) is 34.6 Å². The molecule has 0 fully saturated rings. The smallest absolute Gasteiger partial charge is 0.150 e. The Morgan fingerprint density at radius 1 is 1.33 bits per heavy atom. The van der Waals surface area contributed by atoms with E-state index < -0.39 is 5.60 Å². The Kier molecular flexibility index (Phi) is 3.66. The minimum Gasteiger partial charge on any atom is -0.416 e. The third-order valence-electron chi connectivity index (χ3n) is 2.83. The van der Waals surface area contributed by atoms with Crippen LogP contribution >= 0.6 is 0 Å². The predicted octanol–water partition coefficient (Wildman–Crippen LogP) is 0.923. The first kappa shape index (κ1) is 11.8. The maximum Gasteiger partial charge on any atom is 0.150 e. The highest BCUT2D eigenvalue weighted by Crippen LogP contribution is 2.34. The summed E-state index contributed by atoms with van der Waals surface area (Å²) in [6, 6.07) is 0. The average Bonchev–Trinajstić information content (AvgIpc) is 2.00. The number of aldehydes is 1. The summed E-state index contributed by atoms with van der Waals surface area (Å²) in [5.74, 6) is 0.236. The van der Waals surface area contributed by atoms with Crippen molar-refractivity contribution < 1.29 is 9.22 Å². The van der Waals surface area contributed by atoms with Gasteiger partial charge in [0.1, 0.15) is 16.1 Å². The fraction of sp³-hybridized carbons (Fsp3) is 0.889. The van der Waals surface area contributed by atoms with Gasteiger partial charge < -0.3 is 9.22 Å². The lowest BCUT2D eigenvalue weighted by molar-refractivity contribution is -0.127. The summed E-state index contributed by atoms with van der Waals surface area (Å²) in [4.78, 5) is 10.8. The molecule has 12 heavy (non-hydrogen) atoms. The minimum atomic E-state index is -0.593. The second-order valence-corrected chi connectivity index (χ2v) is 5.00. The van der Waals surface area contributed by atoms with Crippen molar-refractivity contribution in [3.63, 3.8) is 0 Å². The lowest BCUT2D eigenvalue weighted by Gasteiger charge is -2.38. The molecule has 0 aromatic rings. The van der Waals surface area contributed by atoms with E-state index >= 15 is 0 Å². The van der Waals surface area contributed by atoms with Crippen LogP contribution in [0.3, 0.4) is 0 Å². The summed E-state index contributed by atoms with van der Waals surface area (Å²) >= 11 is 0. The zero-order chi connectivity index (χ0) is 9.99. The van der Waals surface area contributed by atoms with E-state index in [1.165, 1.54) is 0 Å². The van der Waals surface area contributed by atoms with Crippen LogP contribution in [-0.2, 0) is 9.22 Å². The van der Waals surface area contributed by atoms with Gasteiger partial charge >= 0.3 is 0 Å². The van der Waals surface area contributed by atoms with E-state index in [2.05, 4.69) is 27.7 Å². The van der Waals surface area contributed by atoms with Gasteiger partial charge in [0.15, 0.2) is 6.29 Å². The standard InChI is InChI=1S/C9H20O2Si/c1-7(8(2,3)4)9(5,6-10)11-12/h6-7H,1-5,12H3. The first-order chi connectivity index (χ1) is 5.28. The van der Waals surface area contributed by atoms with Crippen molar-refractivity contribution in [1.82, 2.24) is 0 Å². The van der Waals surface area contributed by atoms with Crippen LogP contribution < -0.4 is 0 Å². The highest BCUT2D eigenvalue weighted by Gasteiger charge is 2.37. The highest BCUT2D eigenvalue weighted by atomic mass is 28.2. The zero-order valence-corrected chi connectivity index (χ0v) is 11.0. The maximum atomic E-state index is 10.8. The summed E-state index contributed by atoms with van der Waals surface area (Å²) in [5.41, 5.74) is -0.482. The van der Waals surface area contributed by atoms with Crippen molar-refractivity contribution >= 4 is 16.8 Å². The molecule has 3 heteroatoms. The molecular formula is C9H20O2Si. The van der Waals surface area contributed by atoms with Crippen LogP contribution in [0.5, 0.6) is 0 Å². The van der Waals surface area contributed by atoms with Gasteiger partial charge in [0.25, 0.3) is 0 Å². The monoisotopic (exact) mass is 188 g/mol. The Labute approximate surface area is 78.2 Å². The molecule has 0 amide bonds. The molecule has 0 aromatic carbocycles. The van der Waals surface area contributed by atoms with Crippen LogP contribution in [0.15, 0.2) is 0 Å².